The summed E-state index contributed by atoms with van der Waals surface area (Å²) in [4.78, 5) is 16.9. The fraction of sp³-hybridized carbons (Fsp3) is 0.667. The molecule has 1 aliphatic carbocycles. The van der Waals surface area contributed by atoms with Crippen molar-refractivity contribution in [3.63, 3.8) is 0 Å². The molecule has 1 saturated heterocycles. The zero-order chi connectivity index (χ0) is 13.4. The third-order valence-corrected chi connectivity index (χ3v) is 5.51. The second-order valence-electron chi connectivity index (χ2n) is 5.61. The van der Waals surface area contributed by atoms with Crippen LogP contribution in [-0.2, 0) is 4.74 Å². The first kappa shape index (κ1) is 13.1. The van der Waals surface area contributed by atoms with E-state index in [1.807, 2.05) is 6.07 Å². The SMILES string of the molecule is Cc1cc(C(=O)N2CCOC3CCCCC32)sc1C. The maximum Gasteiger partial charge on any atom is 0.264 e. The van der Waals surface area contributed by atoms with Crippen molar-refractivity contribution < 1.29 is 9.53 Å². The van der Waals surface area contributed by atoms with Gasteiger partial charge in [-0.1, -0.05) is 12.8 Å². The first-order chi connectivity index (χ1) is 9.16. The van der Waals surface area contributed by atoms with Crippen LogP contribution < -0.4 is 0 Å². The van der Waals surface area contributed by atoms with Crippen LogP contribution in [0.25, 0.3) is 0 Å². The van der Waals surface area contributed by atoms with Gasteiger partial charge in [0, 0.05) is 11.4 Å². The van der Waals surface area contributed by atoms with Crippen LogP contribution in [0.3, 0.4) is 0 Å². The number of thiophene rings is 1. The summed E-state index contributed by atoms with van der Waals surface area (Å²) in [6.07, 6.45) is 4.93. The highest BCUT2D eigenvalue weighted by Crippen LogP contribution is 2.31. The van der Waals surface area contributed by atoms with Crippen molar-refractivity contribution in [2.75, 3.05) is 13.2 Å². The molecule has 2 heterocycles. The van der Waals surface area contributed by atoms with E-state index < -0.39 is 0 Å². The van der Waals surface area contributed by atoms with Gasteiger partial charge in [-0.25, -0.2) is 0 Å². The highest BCUT2D eigenvalue weighted by molar-refractivity contribution is 7.14. The minimum absolute atomic E-state index is 0.210. The summed E-state index contributed by atoms with van der Waals surface area (Å²) in [7, 11) is 0. The summed E-state index contributed by atoms with van der Waals surface area (Å²) in [5.41, 5.74) is 1.22. The number of rotatable bonds is 1. The van der Waals surface area contributed by atoms with Crippen LogP contribution >= 0.6 is 11.3 Å². The summed E-state index contributed by atoms with van der Waals surface area (Å²) in [6.45, 7) is 5.59. The van der Waals surface area contributed by atoms with Gasteiger partial charge >= 0.3 is 0 Å². The highest BCUT2D eigenvalue weighted by atomic mass is 32.1. The molecule has 2 aliphatic rings. The van der Waals surface area contributed by atoms with E-state index in [1.165, 1.54) is 23.3 Å². The van der Waals surface area contributed by atoms with E-state index in [-0.39, 0.29) is 12.0 Å². The lowest BCUT2D eigenvalue weighted by atomic mass is 9.90. The van der Waals surface area contributed by atoms with E-state index >= 15 is 0 Å². The largest absolute Gasteiger partial charge is 0.374 e. The van der Waals surface area contributed by atoms with Gasteiger partial charge in [-0.3, -0.25) is 4.79 Å². The number of aryl methyl sites for hydroxylation is 2. The summed E-state index contributed by atoms with van der Waals surface area (Å²) < 4.78 is 5.84. The zero-order valence-electron chi connectivity index (χ0n) is 11.6. The molecule has 1 saturated carbocycles. The first-order valence-corrected chi connectivity index (χ1v) is 7.98. The van der Waals surface area contributed by atoms with Gasteiger partial charge < -0.3 is 9.64 Å². The Balaban J connectivity index is 1.81. The minimum atomic E-state index is 0.210. The van der Waals surface area contributed by atoms with E-state index in [0.29, 0.717) is 12.6 Å². The third kappa shape index (κ3) is 2.43. The number of nitrogens with zero attached hydrogens (tertiary/aromatic N) is 1. The Labute approximate surface area is 118 Å². The van der Waals surface area contributed by atoms with Gasteiger partial charge in [-0.15, -0.1) is 11.3 Å². The maximum absolute atomic E-state index is 12.7. The van der Waals surface area contributed by atoms with Crippen molar-refractivity contribution >= 4 is 17.2 Å². The van der Waals surface area contributed by atoms with Gasteiger partial charge in [-0.2, -0.15) is 0 Å². The van der Waals surface area contributed by atoms with Gasteiger partial charge in [-0.05, 0) is 38.3 Å². The second kappa shape index (κ2) is 5.25. The van der Waals surface area contributed by atoms with E-state index in [4.69, 9.17) is 4.74 Å². The fourth-order valence-electron chi connectivity index (χ4n) is 3.17. The molecule has 1 aliphatic heterocycles. The van der Waals surface area contributed by atoms with Crippen LogP contribution in [0.2, 0.25) is 0 Å². The Hall–Kier alpha value is -0.870. The van der Waals surface area contributed by atoms with Gasteiger partial charge in [0.05, 0.1) is 23.6 Å². The molecular weight excluding hydrogens is 258 g/mol. The maximum atomic E-state index is 12.7. The topological polar surface area (TPSA) is 29.5 Å². The van der Waals surface area contributed by atoms with Gasteiger partial charge in [0.25, 0.3) is 5.91 Å². The van der Waals surface area contributed by atoms with Crippen LogP contribution in [0.1, 0.15) is 45.8 Å². The molecule has 0 spiro atoms. The number of amides is 1. The van der Waals surface area contributed by atoms with Gasteiger partial charge in [0.2, 0.25) is 0 Å². The van der Waals surface area contributed by atoms with Crippen LogP contribution in [0.5, 0.6) is 0 Å². The van der Waals surface area contributed by atoms with Crippen LogP contribution in [-0.4, -0.2) is 36.1 Å². The van der Waals surface area contributed by atoms with Crippen molar-refractivity contribution in [2.24, 2.45) is 0 Å². The number of ether oxygens (including phenoxy) is 1. The molecule has 0 radical (unpaired) electrons. The molecule has 2 fully saturated rings. The summed E-state index contributed by atoms with van der Waals surface area (Å²) in [5, 5.41) is 0. The smallest absolute Gasteiger partial charge is 0.264 e. The standard InChI is InChI=1S/C15H21NO2S/c1-10-9-14(19-11(10)2)15(17)16-7-8-18-13-6-4-3-5-12(13)16/h9,12-13H,3-8H2,1-2H3. The Morgan fingerprint density at radius 3 is 2.89 bits per heavy atom. The lowest BCUT2D eigenvalue weighted by molar-refractivity contribution is -0.0751. The average Bonchev–Trinajstić information content (AvgIpc) is 2.77. The Kier molecular flexibility index (Phi) is 3.63. The molecule has 3 nitrogen and oxygen atoms in total. The molecular formula is C15H21NO2S. The second-order valence-corrected chi connectivity index (χ2v) is 6.87. The van der Waals surface area contributed by atoms with Gasteiger partial charge in [0.15, 0.2) is 0 Å². The van der Waals surface area contributed by atoms with Crippen LogP contribution in [0, 0.1) is 13.8 Å². The number of hydrogen-bond acceptors (Lipinski definition) is 3. The summed E-state index contributed by atoms with van der Waals surface area (Å²) >= 11 is 1.62. The molecule has 0 bridgehead atoms. The summed E-state index contributed by atoms with van der Waals surface area (Å²) in [5.74, 6) is 0.210. The van der Waals surface area contributed by atoms with E-state index in [9.17, 15) is 4.79 Å². The third-order valence-electron chi connectivity index (χ3n) is 4.37. The van der Waals surface area contributed by atoms with Gasteiger partial charge in [0.1, 0.15) is 0 Å². The number of hydrogen-bond donors (Lipinski definition) is 0. The normalized spacial score (nSPS) is 27.2. The van der Waals surface area contributed by atoms with Crippen molar-refractivity contribution in [1.29, 1.82) is 0 Å². The predicted molar refractivity (Wildman–Crippen MR) is 76.8 cm³/mol. The molecule has 104 valence electrons. The van der Waals surface area contributed by atoms with E-state index in [2.05, 4.69) is 18.7 Å². The van der Waals surface area contributed by atoms with E-state index in [1.54, 1.807) is 11.3 Å². The molecule has 1 aromatic heterocycles. The quantitative estimate of drug-likeness (QED) is 0.790. The molecule has 4 heteroatoms. The average molecular weight is 279 g/mol. The van der Waals surface area contributed by atoms with Crippen LogP contribution in [0.15, 0.2) is 6.07 Å². The minimum Gasteiger partial charge on any atom is -0.374 e. The lowest BCUT2D eigenvalue weighted by Gasteiger charge is -2.43. The number of fused-ring (bicyclic) bond motifs is 1. The Morgan fingerprint density at radius 1 is 1.37 bits per heavy atom. The molecule has 0 aromatic carbocycles. The molecule has 19 heavy (non-hydrogen) atoms. The zero-order valence-corrected chi connectivity index (χ0v) is 12.5. The molecule has 1 amide bonds. The number of morpholine rings is 1. The first-order valence-electron chi connectivity index (χ1n) is 7.16. The van der Waals surface area contributed by atoms with Crippen molar-refractivity contribution in [3.05, 3.63) is 21.4 Å². The molecule has 2 atom stereocenters. The predicted octanol–water partition coefficient (Wildman–Crippen LogP) is 3.15. The lowest BCUT2D eigenvalue weighted by Crippen LogP contribution is -2.54. The molecule has 2 unspecified atom stereocenters. The Bertz CT molecular complexity index is 461. The molecule has 3 rings (SSSR count). The van der Waals surface area contributed by atoms with Crippen molar-refractivity contribution in [1.82, 2.24) is 4.90 Å². The van der Waals surface area contributed by atoms with E-state index in [0.717, 1.165) is 24.3 Å². The molecule has 0 N–H and O–H groups in total. The number of carbonyl (C=O) groups excluding carboxylic acids is 1. The molecule has 1 aromatic rings. The van der Waals surface area contributed by atoms with Crippen molar-refractivity contribution in [2.45, 2.75) is 51.7 Å². The summed E-state index contributed by atoms with van der Waals surface area (Å²) in [6, 6.07) is 2.34. The Morgan fingerprint density at radius 2 is 2.16 bits per heavy atom. The monoisotopic (exact) mass is 279 g/mol. The highest BCUT2D eigenvalue weighted by Gasteiger charge is 2.37. The fourth-order valence-corrected chi connectivity index (χ4v) is 4.16. The van der Waals surface area contributed by atoms with Crippen LogP contribution in [0.4, 0.5) is 0 Å². The van der Waals surface area contributed by atoms with Crippen molar-refractivity contribution in [3.8, 4) is 0 Å². The number of carbonyl (C=O) groups is 1.